The summed E-state index contributed by atoms with van der Waals surface area (Å²) in [6.07, 6.45) is 0. The van der Waals surface area contributed by atoms with Crippen LogP contribution in [0.1, 0.15) is 13.8 Å². The Balaban J connectivity index is 3.54. The van der Waals surface area contributed by atoms with E-state index in [9.17, 15) is 0 Å². The van der Waals surface area contributed by atoms with Gasteiger partial charge in [-0.25, -0.2) is 0 Å². The minimum atomic E-state index is -0.500. The van der Waals surface area contributed by atoms with Gasteiger partial charge in [-0.1, -0.05) is 13.8 Å². The van der Waals surface area contributed by atoms with E-state index >= 15 is 0 Å². The predicted molar refractivity (Wildman–Crippen MR) is 36.9 cm³/mol. The fourth-order valence-electron chi connectivity index (χ4n) is 0. The molecule has 3 heteroatoms. The third-order valence-corrected chi connectivity index (χ3v) is 1.41. The van der Waals surface area contributed by atoms with Gasteiger partial charge in [0.25, 0.3) is 0 Å². The summed E-state index contributed by atoms with van der Waals surface area (Å²) in [6, 6.07) is 0. The molecule has 1 N–H and O–H groups in total. The second-order valence-corrected chi connectivity index (χ2v) is 2.81. The van der Waals surface area contributed by atoms with Crippen LogP contribution in [0.4, 0.5) is 0 Å². The van der Waals surface area contributed by atoms with E-state index in [1.807, 2.05) is 29.5 Å². The van der Waals surface area contributed by atoms with Crippen molar-refractivity contribution in [2.24, 2.45) is 5.92 Å². The first-order valence-electron chi connectivity index (χ1n) is 2.67. The zero-order valence-corrected chi connectivity index (χ0v) is 5.52. The molecule has 0 amide bonds. The highest BCUT2D eigenvalue weighted by Crippen LogP contribution is 2.05. The van der Waals surface area contributed by atoms with Gasteiger partial charge in [0.1, 0.15) is 15.7 Å². The monoisotopic (exact) mass is 98.1 g/mol. The van der Waals surface area contributed by atoms with Gasteiger partial charge >= 0.3 is 0 Å². The Morgan fingerprint density at radius 2 is 1.57 bits per heavy atom. The van der Waals surface area contributed by atoms with Crippen LogP contribution in [0.5, 0.6) is 0 Å². The molecule has 0 aliphatic carbocycles. The molecule has 40 valence electrons. The van der Waals surface area contributed by atoms with Gasteiger partial charge in [-0.2, -0.15) is 0 Å². The normalized spacial score (nSPS) is 12.6. The molecule has 0 saturated carbocycles. The van der Waals surface area contributed by atoms with Crippen molar-refractivity contribution in [2.45, 2.75) is 19.2 Å². The number of aliphatic hydroxyl groups is 1. The lowest BCUT2D eigenvalue weighted by molar-refractivity contribution is 0.161. The smallest absolute Gasteiger partial charge is 0.131 e. The van der Waals surface area contributed by atoms with Crippen molar-refractivity contribution in [2.75, 3.05) is 0 Å². The van der Waals surface area contributed by atoms with Crippen molar-refractivity contribution < 1.29 is 5.11 Å². The van der Waals surface area contributed by atoms with Crippen molar-refractivity contribution in [3.05, 3.63) is 0 Å². The van der Waals surface area contributed by atoms with Gasteiger partial charge in [-0.15, -0.1) is 0 Å². The van der Waals surface area contributed by atoms with Crippen molar-refractivity contribution >= 4 is 15.7 Å². The quantitative estimate of drug-likeness (QED) is 0.398. The van der Waals surface area contributed by atoms with Gasteiger partial charge in [-0.3, -0.25) is 0 Å². The second kappa shape index (κ2) is 1.91. The maximum absolute atomic E-state index is 9.09. The Labute approximate surface area is 46.9 Å². The van der Waals surface area contributed by atoms with Crippen LogP contribution in [0.2, 0.25) is 0 Å². The van der Waals surface area contributed by atoms with Crippen molar-refractivity contribution in [3.63, 3.8) is 0 Å². The van der Waals surface area contributed by atoms with Crippen molar-refractivity contribution in [3.8, 4) is 0 Å². The van der Waals surface area contributed by atoms with Crippen LogP contribution in [0, 0.1) is 5.92 Å². The first-order chi connectivity index (χ1) is 2.94. The maximum atomic E-state index is 9.09. The zero-order chi connectivity index (χ0) is 6.08. The van der Waals surface area contributed by atoms with Crippen LogP contribution in [0.3, 0.4) is 0 Å². The molecule has 0 aliphatic heterocycles. The SMILES string of the molecule is BC(B)(O)C(C)C. The fraction of sp³-hybridized carbons (Fsp3) is 1.00. The molecular weight excluding hydrogens is 85.7 g/mol. The first-order valence-corrected chi connectivity index (χ1v) is 2.67. The maximum Gasteiger partial charge on any atom is 0.131 e. The van der Waals surface area contributed by atoms with E-state index in [0.29, 0.717) is 5.92 Å². The van der Waals surface area contributed by atoms with Gasteiger partial charge in [0.2, 0.25) is 0 Å². The van der Waals surface area contributed by atoms with Gasteiger partial charge in [0.15, 0.2) is 0 Å². The summed E-state index contributed by atoms with van der Waals surface area (Å²) < 4.78 is 0. The predicted octanol–water partition coefficient (Wildman–Crippen LogP) is -1.45. The molecule has 0 radical (unpaired) electrons. The van der Waals surface area contributed by atoms with Crippen LogP contribution < -0.4 is 0 Å². The highest BCUT2D eigenvalue weighted by Gasteiger charge is 2.16. The molecule has 0 aromatic rings. The molecule has 0 unspecified atom stereocenters. The highest BCUT2D eigenvalue weighted by molar-refractivity contribution is 6.38. The minimum absolute atomic E-state index is 0.354. The van der Waals surface area contributed by atoms with E-state index in [1.165, 1.54) is 0 Å². The van der Waals surface area contributed by atoms with E-state index in [1.54, 1.807) is 0 Å². The second-order valence-electron chi connectivity index (χ2n) is 2.81. The Kier molecular flexibility index (Phi) is 1.93. The van der Waals surface area contributed by atoms with E-state index < -0.39 is 5.40 Å². The minimum Gasteiger partial charge on any atom is -0.407 e. The third kappa shape index (κ3) is 2.75. The lowest BCUT2D eigenvalue weighted by Gasteiger charge is -2.21. The van der Waals surface area contributed by atoms with Crippen molar-refractivity contribution in [1.29, 1.82) is 0 Å². The summed E-state index contributed by atoms with van der Waals surface area (Å²) in [7, 11) is 3.63. The van der Waals surface area contributed by atoms with Crippen LogP contribution in [-0.2, 0) is 0 Å². The number of hydrogen-bond donors (Lipinski definition) is 1. The Hall–Kier alpha value is 0.0899. The molecule has 0 rings (SSSR count). The van der Waals surface area contributed by atoms with E-state index in [0.717, 1.165) is 0 Å². The molecule has 0 spiro atoms. The highest BCUT2D eigenvalue weighted by atomic mass is 16.3. The molecule has 0 aliphatic rings. The summed E-state index contributed by atoms with van der Waals surface area (Å²) in [6.45, 7) is 4.00. The molecule has 0 aromatic carbocycles. The topological polar surface area (TPSA) is 20.2 Å². The summed E-state index contributed by atoms with van der Waals surface area (Å²) in [5.74, 6) is 0.354. The van der Waals surface area contributed by atoms with Crippen LogP contribution in [-0.4, -0.2) is 26.2 Å². The Morgan fingerprint density at radius 3 is 1.57 bits per heavy atom. The fourth-order valence-corrected chi connectivity index (χ4v) is 0. The van der Waals surface area contributed by atoms with Gasteiger partial charge in [0.05, 0.1) is 0 Å². The lowest BCUT2D eigenvalue weighted by Crippen LogP contribution is -2.35. The Morgan fingerprint density at radius 1 is 1.43 bits per heavy atom. The van der Waals surface area contributed by atoms with Gasteiger partial charge in [-0.05, 0) is 5.92 Å². The third-order valence-electron chi connectivity index (χ3n) is 1.41. The van der Waals surface area contributed by atoms with Crippen molar-refractivity contribution in [1.82, 2.24) is 0 Å². The van der Waals surface area contributed by atoms with Crippen LogP contribution in [0.15, 0.2) is 0 Å². The zero-order valence-electron chi connectivity index (χ0n) is 5.52. The molecule has 7 heavy (non-hydrogen) atoms. The van der Waals surface area contributed by atoms with Crippen LogP contribution >= 0.6 is 0 Å². The van der Waals surface area contributed by atoms with Crippen LogP contribution in [0.25, 0.3) is 0 Å². The summed E-state index contributed by atoms with van der Waals surface area (Å²) in [4.78, 5) is 0. The van der Waals surface area contributed by atoms with Gasteiger partial charge < -0.3 is 5.11 Å². The van der Waals surface area contributed by atoms with E-state index in [-0.39, 0.29) is 0 Å². The summed E-state index contributed by atoms with van der Waals surface area (Å²) in [5, 5.41) is 8.59. The standard InChI is InChI=1S/C4H12B2O/c1-3(2)4(5,6)7/h3,7H,5-6H2,1-2H3. The average Bonchev–Trinajstić information content (AvgIpc) is 1.31. The van der Waals surface area contributed by atoms with E-state index in [2.05, 4.69) is 0 Å². The molecule has 0 atom stereocenters. The molecule has 0 fully saturated rings. The van der Waals surface area contributed by atoms with Gasteiger partial charge in [0, 0.05) is 5.40 Å². The largest absolute Gasteiger partial charge is 0.407 e. The average molecular weight is 97.8 g/mol. The molecule has 0 bridgehead atoms. The molecule has 1 nitrogen and oxygen atoms in total. The first kappa shape index (κ1) is 7.09. The molecule has 0 heterocycles. The molecule has 0 saturated heterocycles. The summed E-state index contributed by atoms with van der Waals surface area (Å²) in [5.41, 5.74) is 0. The number of hydrogen-bond acceptors (Lipinski definition) is 1. The number of rotatable bonds is 1. The lowest BCUT2D eigenvalue weighted by atomic mass is 9.59. The molecule has 0 aromatic heterocycles. The van der Waals surface area contributed by atoms with E-state index in [4.69, 9.17) is 5.11 Å². The molecular formula is C4H12B2O. The summed E-state index contributed by atoms with van der Waals surface area (Å²) >= 11 is 0. The Bertz CT molecular complexity index is 55.2.